The summed E-state index contributed by atoms with van der Waals surface area (Å²) in [6.07, 6.45) is -8.40. The first-order valence-corrected chi connectivity index (χ1v) is 13.3. The molecular weight excluding hydrogens is 548 g/mol. The summed E-state index contributed by atoms with van der Waals surface area (Å²) < 4.78 is 71.4. The molecule has 0 aromatic carbocycles. The molecule has 0 N–H and O–H groups in total. The van der Waals surface area contributed by atoms with Gasteiger partial charge in [0, 0.05) is 46.5 Å². The molecule has 1 unspecified atom stereocenters. The normalized spacial score (nSPS) is 31.4. The highest BCUT2D eigenvalue weighted by Gasteiger charge is 2.57. The number of alkyl halides is 1. The lowest BCUT2D eigenvalue weighted by Crippen LogP contribution is -2.64. The molecule has 0 aliphatic carbocycles. The van der Waals surface area contributed by atoms with E-state index in [1.807, 2.05) is 0 Å². The molecule has 0 saturated carbocycles. The van der Waals surface area contributed by atoms with Gasteiger partial charge in [-0.25, -0.2) is 8.96 Å². The fourth-order valence-corrected chi connectivity index (χ4v) is 5.43. The number of rotatable bonds is 9. The topological polar surface area (TPSA) is 172 Å². The number of aromatic nitrogens is 1. The minimum Gasteiger partial charge on any atom is -0.463 e. The van der Waals surface area contributed by atoms with Crippen molar-refractivity contribution in [1.29, 1.82) is 0 Å². The zero-order chi connectivity index (χ0) is 28.7. The summed E-state index contributed by atoms with van der Waals surface area (Å²) in [7, 11) is -4.47. The quantitative estimate of drug-likeness (QED) is 0.237. The van der Waals surface area contributed by atoms with Crippen LogP contribution < -0.4 is 0 Å². The van der Waals surface area contributed by atoms with Crippen LogP contribution in [0.15, 0.2) is 24.5 Å². The van der Waals surface area contributed by atoms with Crippen LogP contribution in [0.3, 0.4) is 0 Å². The maximum atomic E-state index is 15.3. The Morgan fingerprint density at radius 1 is 0.974 bits per heavy atom. The van der Waals surface area contributed by atoms with Crippen molar-refractivity contribution in [2.75, 3.05) is 13.2 Å². The van der Waals surface area contributed by atoms with Crippen LogP contribution in [-0.2, 0) is 61.0 Å². The summed E-state index contributed by atoms with van der Waals surface area (Å²) in [5.41, 5.74) is 0.619. The van der Waals surface area contributed by atoms with Crippen molar-refractivity contribution in [2.45, 2.75) is 77.1 Å². The van der Waals surface area contributed by atoms with Gasteiger partial charge in [-0.2, -0.15) is 0 Å². The van der Waals surface area contributed by atoms with Gasteiger partial charge in [0.05, 0.1) is 12.7 Å². The Morgan fingerprint density at radius 3 is 2.15 bits per heavy atom. The van der Waals surface area contributed by atoms with Crippen molar-refractivity contribution in [3.63, 3.8) is 0 Å². The third-order valence-corrected chi connectivity index (χ3v) is 6.91. The molecule has 2 saturated heterocycles. The van der Waals surface area contributed by atoms with Crippen molar-refractivity contribution in [3.8, 4) is 0 Å². The number of carbonyl (C=O) groups is 4. The Hall–Kier alpha value is -2.97. The molecule has 2 aliphatic heterocycles. The van der Waals surface area contributed by atoms with Crippen LogP contribution >= 0.6 is 7.82 Å². The number of carbonyl (C=O) groups excluding carboxylic acids is 4. The van der Waals surface area contributed by atoms with Gasteiger partial charge in [-0.1, -0.05) is 0 Å². The zero-order valence-corrected chi connectivity index (χ0v) is 22.4. The fourth-order valence-electron chi connectivity index (χ4n) is 3.97. The molecular formula is C23H29FNO13P. The Morgan fingerprint density at radius 2 is 1.56 bits per heavy atom. The van der Waals surface area contributed by atoms with E-state index < -0.39 is 81.3 Å². The number of hydrogen-bond donors (Lipinski definition) is 0. The van der Waals surface area contributed by atoms with E-state index in [0.29, 0.717) is 12.0 Å². The zero-order valence-electron chi connectivity index (χ0n) is 21.6. The highest BCUT2D eigenvalue weighted by Crippen LogP contribution is 2.58. The van der Waals surface area contributed by atoms with Crippen LogP contribution in [0, 0.1) is 0 Å². The predicted molar refractivity (Wildman–Crippen MR) is 124 cm³/mol. The first kappa shape index (κ1) is 30.6. The minimum absolute atomic E-state index is 0.0692. The average Bonchev–Trinajstić information content (AvgIpc) is 2.85. The van der Waals surface area contributed by atoms with E-state index in [2.05, 4.69) is 4.98 Å². The van der Waals surface area contributed by atoms with Gasteiger partial charge in [0.25, 0.3) is 0 Å². The van der Waals surface area contributed by atoms with E-state index in [4.69, 9.17) is 37.3 Å². The molecule has 14 nitrogen and oxygen atoms in total. The molecule has 0 amide bonds. The Kier molecular flexibility index (Phi) is 10.5. The first-order valence-electron chi connectivity index (χ1n) is 11.8. The number of hydrogen-bond acceptors (Lipinski definition) is 14. The number of halogens is 1. The van der Waals surface area contributed by atoms with Gasteiger partial charge in [-0.3, -0.25) is 37.7 Å². The van der Waals surface area contributed by atoms with E-state index in [1.165, 1.54) is 12.4 Å². The SMILES string of the molecule is CC(=O)OC[C@H](F)[C@H]1O[C@@H](OP2(=O)OCC[C@@H](c3ccncc3)O2)[C@@H](OC(C)=O)[C@@H](OC(C)=O)[C@@H]1OC(C)=O. The number of phosphoric ester groups is 1. The van der Waals surface area contributed by atoms with Crippen LogP contribution in [0.1, 0.15) is 45.8 Å². The lowest BCUT2D eigenvalue weighted by molar-refractivity contribution is -0.297. The highest BCUT2D eigenvalue weighted by molar-refractivity contribution is 7.48. The summed E-state index contributed by atoms with van der Waals surface area (Å²) >= 11 is 0. The second-order valence-corrected chi connectivity index (χ2v) is 10.1. The van der Waals surface area contributed by atoms with Crippen LogP contribution in [0.25, 0.3) is 0 Å². The van der Waals surface area contributed by atoms with Crippen LogP contribution in [0.2, 0.25) is 0 Å². The Bertz CT molecular complexity index is 1090. The molecule has 2 fully saturated rings. The van der Waals surface area contributed by atoms with E-state index in [9.17, 15) is 23.7 Å². The lowest BCUT2D eigenvalue weighted by atomic mass is 9.95. The third-order valence-electron chi connectivity index (χ3n) is 5.44. The van der Waals surface area contributed by atoms with Gasteiger partial charge in [-0.15, -0.1) is 0 Å². The van der Waals surface area contributed by atoms with Gasteiger partial charge in [0.15, 0.2) is 24.5 Å². The second kappa shape index (κ2) is 13.4. The minimum atomic E-state index is -4.47. The van der Waals surface area contributed by atoms with Crippen LogP contribution in [0.4, 0.5) is 4.39 Å². The standard InChI is InChI=1S/C23H29FNO13P/c1-12(26)31-11-17(24)19-20(33-13(2)27)21(34-14(3)28)22(35-15(4)29)23(36-19)38-39(30)32-10-7-18(37-39)16-5-8-25-9-6-16/h5-6,8-9,17-23H,7,10-11H2,1-4H3/t17-,18-,19+,20+,21-,22-,23-,39?/m0/s1. The van der Waals surface area contributed by atoms with E-state index in [-0.39, 0.29) is 6.61 Å². The number of phosphoric acid groups is 1. The van der Waals surface area contributed by atoms with Crippen molar-refractivity contribution < 1.29 is 65.4 Å². The third kappa shape index (κ3) is 8.51. The largest absolute Gasteiger partial charge is 0.477 e. The monoisotopic (exact) mass is 577 g/mol. The first-order chi connectivity index (χ1) is 18.4. The highest BCUT2D eigenvalue weighted by atomic mass is 31.2. The maximum absolute atomic E-state index is 15.3. The molecule has 16 heteroatoms. The molecule has 216 valence electrons. The van der Waals surface area contributed by atoms with Gasteiger partial charge in [0.2, 0.25) is 6.29 Å². The number of pyridine rings is 1. The summed E-state index contributed by atoms with van der Waals surface area (Å²) in [6.45, 7) is 3.17. The molecule has 1 aromatic heterocycles. The molecule has 39 heavy (non-hydrogen) atoms. The number of nitrogens with zero attached hydrogens (tertiary/aromatic N) is 1. The average molecular weight is 577 g/mol. The van der Waals surface area contributed by atoms with Crippen LogP contribution in [0.5, 0.6) is 0 Å². The molecule has 8 atom stereocenters. The van der Waals surface area contributed by atoms with Crippen molar-refractivity contribution in [3.05, 3.63) is 30.1 Å². The van der Waals surface area contributed by atoms with E-state index in [1.54, 1.807) is 12.1 Å². The smallest absolute Gasteiger partial charge is 0.463 e. The number of ether oxygens (including phenoxy) is 5. The van der Waals surface area contributed by atoms with Gasteiger partial charge in [-0.05, 0) is 17.7 Å². The van der Waals surface area contributed by atoms with Gasteiger partial charge in [0.1, 0.15) is 12.7 Å². The lowest BCUT2D eigenvalue weighted by Gasteiger charge is -2.45. The van der Waals surface area contributed by atoms with Crippen molar-refractivity contribution in [2.24, 2.45) is 0 Å². The van der Waals surface area contributed by atoms with E-state index in [0.717, 1.165) is 27.7 Å². The molecule has 0 spiro atoms. The summed E-state index contributed by atoms with van der Waals surface area (Å²) in [6, 6.07) is 3.27. The molecule has 1 aromatic rings. The second-order valence-electron chi connectivity index (χ2n) is 8.56. The summed E-state index contributed by atoms with van der Waals surface area (Å²) in [5.74, 6) is -3.56. The summed E-state index contributed by atoms with van der Waals surface area (Å²) in [5, 5.41) is 0. The van der Waals surface area contributed by atoms with Crippen LogP contribution in [-0.4, -0.2) is 79.0 Å². The molecule has 0 bridgehead atoms. The Balaban J connectivity index is 1.96. The summed E-state index contributed by atoms with van der Waals surface area (Å²) in [4.78, 5) is 51.0. The van der Waals surface area contributed by atoms with Crippen molar-refractivity contribution >= 4 is 31.7 Å². The molecule has 2 aliphatic rings. The van der Waals surface area contributed by atoms with Crippen molar-refractivity contribution in [1.82, 2.24) is 4.98 Å². The molecule has 3 heterocycles. The fraction of sp³-hybridized carbons (Fsp3) is 0.609. The number of esters is 4. The van der Waals surface area contributed by atoms with Gasteiger partial charge < -0.3 is 23.7 Å². The van der Waals surface area contributed by atoms with E-state index >= 15 is 4.39 Å². The van der Waals surface area contributed by atoms with Gasteiger partial charge >= 0.3 is 31.7 Å². The Labute approximate surface area is 222 Å². The predicted octanol–water partition coefficient (Wildman–Crippen LogP) is 2.11. The molecule has 0 radical (unpaired) electrons. The maximum Gasteiger partial charge on any atom is 0.477 e. The molecule has 3 rings (SSSR count).